The van der Waals surface area contributed by atoms with Gasteiger partial charge in [-0.15, -0.1) is 0 Å². The first-order valence-corrected chi connectivity index (χ1v) is 21.6. The number of rotatable bonds is 17. The van der Waals surface area contributed by atoms with Crippen molar-refractivity contribution in [3.63, 3.8) is 0 Å². The van der Waals surface area contributed by atoms with Gasteiger partial charge < -0.3 is 20.7 Å². The zero-order valence-corrected chi connectivity index (χ0v) is 29.0. The number of piperidine rings is 1. The van der Waals surface area contributed by atoms with E-state index in [-0.39, 0.29) is 35.3 Å². The average Bonchev–Trinajstić information content (AvgIpc) is 3.86. The molecule has 1 heterocycles. The molecular formula is C37H57N3O4Si. The van der Waals surface area contributed by atoms with Crippen LogP contribution in [0.4, 0.5) is 11.4 Å². The Morgan fingerprint density at radius 1 is 0.978 bits per heavy atom. The lowest BCUT2D eigenvalue weighted by atomic mass is 9.82. The average molecular weight is 636 g/mol. The molecule has 2 aliphatic carbocycles. The summed E-state index contributed by atoms with van der Waals surface area (Å²) in [6.45, 7) is 9.18. The monoisotopic (exact) mass is 635 g/mol. The molecule has 1 aliphatic heterocycles. The van der Waals surface area contributed by atoms with Gasteiger partial charge in [0, 0.05) is 45.6 Å². The highest BCUT2D eigenvalue weighted by Crippen LogP contribution is 2.38. The maximum absolute atomic E-state index is 13.2. The minimum atomic E-state index is -1.35. The van der Waals surface area contributed by atoms with Crippen LogP contribution < -0.4 is 26.8 Å². The molecule has 8 heteroatoms. The van der Waals surface area contributed by atoms with E-state index in [1.807, 2.05) is 6.07 Å². The zero-order chi connectivity index (χ0) is 32.0. The molecule has 5 rings (SSSR count). The number of nitrogens with zero attached hydrogens (tertiary/aromatic N) is 1. The maximum atomic E-state index is 13.2. The van der Waals surface area contributed by atoms with E-state index in [1.54, 1.807) is 0 Å². The van der Waals surface area contributed by atoms with Gasteiger partial charge in [0.05, 0.1) is 6.10 Å². The summed E-state index contributed by atoms with van der Waals surface area (Å²) in [6, 6.07) is 11.5. The van der Waals surface area contributed by atoms with Gasteiger partial charge in [0.15, 0.2) is 0 Å². The summed E-state index contributed by atoms with van der Waals surface area (Å²) in [5, 5.41) is 3.58. The molecule has 3 unspecified atom stereocenters. The summed E-state index contributed by atoms with van der Waals surface area (Å²) in [5.41, 5.74) is 7.35. The number of carbonyl (C=O) groups is 1. The molecule has 1 saturated heterocycles. The fourth-order valence-corrected chi connectivity index (χ4v) is 8.98. The molecule has 0 spiro atoms. The van der Waals surface area contributed by atoms with Crippen LogP contribution in [0.2, 0.25) is 25.7 Å². The normalized spacial score (nSPS) is 21.8. The van der Waals surface area contributed by atoms with Crippen molar-refractivity contribution in [3.8, 4) is 0 Å². The lowest BCUT2D eigenvalue weighted by Gasteiger charge is -2.39. The smallest absolute Gasteiger partial charge is 0.253 e. The first-order chi connectivity index (χ1) is 21.6. The van der Waals surface area contributed by atoms with Gasteiger partial charge in [-0.3, -0.25) is 14.4 Å². The second-order valence-corrected chi connectivity index (χ2v) is 21.3. The van der Waals surface area contributed by atoms with E-state index in [2.05, 4.69) is 54.1 Å². The van der Waals surface area contributed by atoms with Gasteiger partial charge in [-0.05, 0) is 55.9 Å². The highest BCUT2D eigenvalue weighted by Gasteiger charge is 2.36. The van der Waals surface area contributed by atoms with E-state index in [1.165, 1.54) is 50.5 Å². The van der Waals surface area contributed by atoms with Crippen molar-refractivity contribution in [3.05, 3.63) is 56.3 Å². The molecule has 2 aromatic carbocycles. The molecule has 0 bridgehead atoms. The molecule has 1 amide bonds. The van der Waals surface area contributed by atoms with Crippen LogP contribution >= 0.6 is 0 Å². The Balaban J connectivity index is 1.33. The van der Waals surface area contributed by atoms with E-state index in [4.69, 9.17) is 10.5 Å². The quantitative estimate of drug-likeness (QED) is 0.143. The third kappa shape index (κ3) is 9.54. The van der Waals surface area contributed by atoms with Gasteiger partial charge in [-0.2, -0.15) is 0 Å². The number of nitrogens with two attached hydrogens (primary N) is 1. The van der Waals surface area contributed by atoms with Crippen LogP contribution in [0.5, 0.6) is 0 Å². The van der Waals surface area contributed by atoms with Crippen molar-refractivity contribution in [2.75, 3.05) is 29.9 Å². The minimum Gasteiger partial charge on any atom is -0.377 e. The number of anilines is 2. The molecule has 248 valence electrons. The van der Waals surface area contributed by atoms with Crippen molar-refractivity contribution in [1.82, 2.24) is 0 Å². The van der Waals surface area contributed by atoms with Crippen molar-refractivity contribution in [2.45, 2.75) is 121 Å². The number of hydrogen-bond donors (Lipinski definition) is 2. The molecule has 0 aromatic heterocycles. The predicted octanol–water partition coefficient (Wildman–Crippen LogP) is 7.03. The summed E-state index contributed by atoms with van der Waals surface area (Å²) >= 11 is 0. The van der Waals surface area contributed by atoms with Crippen LogP contribution in [0.1, 0.15) is 95.1 Å². The molecule has 3 fully saturated rings. The van der Waals surface area contributed by atoms with E-state index < -0.39 is 13.5 Å². The fraction of sp³-hybridized carbons (Fsp3) is 0.703. The molecule has 2 aromatic rings. The molecule has 3 aliphatic rings. The van der Waals surface area contributed by atoms with E-state index in [0.717, 1.165) is 57.2 Å². The van der Waals surface area contributed by atoms with Gasteiger partial charge in [0.1, 0.15) is 11.4 Å². The summed E-state index contributed by atoms with van der Waals surface area (Å²) in [7, 11) is -1.35. The summed E-state index contributed by atoms with van der Waals surface area (Å²) in [4.78, 5) is 41.1. The Hall–Kier alpha value is -2.45. The summed E-state index contributed by atoms with van der Waals surface area (Å²) in [6.07, 6.45) is 14.1. The molecule has 0 radical (unpaired) electrons. The van der Waals surface area contributed by atoms with Gasteiger partial charge in [-0.25, -0.2) is 0 Å². The minimum absolute atomic E-state index is 0.0302. The van der Waals surface area contributed by atoms with Crippen LogP contribution in [-0.2, 0) is 9.53 Å². The second kappa shape index (κ2) is 15.4. The van der Waals surface area contributed by atoms with Crippen LogP contribution in [0.25, 0.3) is 0 Å². The van der Waals surface area contributed by atoms with Crippen LogP contribution in [-0.4, -0.2) is 39.7 Å². The van der Waals surface area contributed by atoms with E-state index >= 15 is 0 Å². The highest BCUT2D eigenvalue weighted by atomic mass is 28.3. The lowest BCUT2D eigenvalue weighted by Crippen LogP contribution is -2.48. The number of primary amides is 1. The number of benzene rings is 1. The second-order valence-electron chi connectivity index (χ2n) is 15.7. The van der Waals surface area contributed by atoms with Gasteiger partial charge in [-0.1, -0.05) is 101 Å². The van der Waals surface area contributed by atoms with Crippen molar-refractivity contribution in [1.29, 1.82) is 0 Å². The largest absolute Gasteiger partial charge is 0.377 e. The Kier molecular flexibility index (Phi) is 11.6. The zero-order valence-electron chi connectivity index (χ0n) is 28.0. The third-order valence-corrected chi connectivity index (χ3v) is 12.4. The highest BCUT2D eigenvalue weighted by molar-refractivity contribution is 6.76. The van der Waals surface area contributed by atoms with Crippen LogP contribution in [0.3, 0.4) is 0 Å². The lowest BCUT2D eigenvalue weighted by molar-refractivity contribution is -0.122. The van der Waals surface area contributed by atoms with E-state index in [0.29, 0.717) is 30.3 Å². The Morgan fingerprint density at radius 2 is 1.71 bits per heavy atom. The first-order valence-electron chi connectivity index (χ1n) is 17.9. The Morgan fingerprint density at radius 3 is 2.38 bits per heavy atom. The Labute approximate surface area is 271 Å². The molecular weight excluding hydrogens is 579 g/mol. The number of nitrogens with one attached hydrogen (secondary N) is 1. The number of carbonyl (C=O) groups excluding carboxylic acids is 1. The van der Waals surface area contributed by atoms with Crippen molar-refractivity contribution < 1.29 is 9.53 Å². The number of ether oxygens (including phenoxy) is 1. The van der Waals surface area contributed by atoms with Crippen molar-refractivity contribution in [2.24, 2.45) is 29.4 Å². The topological polar surface area (TPSA) is 102 Å². The SMILES string of the molecule is C[Si](C)(C)CCC(C[C@H](CC1CCCCC1)Nc1c(N2CCCC(C(OCCC3CC3)c3ccccc3)C2)c(=O)c1=O)C(N)=O. The number of amides is 1. The third-order valence-electron chi connectivity index (χ3n) is 10.6. The van der Waals surface area contributed by atoms with Gasteiger partial charge >= 0.3 is 0 Å². The van der Waals surface area contributed by atoms with E-state index in [9.17, 15) is 14.4 Å². The van der Waals surface area contributed by atoms with Crippen LogP contribution in [0.15, 0.2) is 39.9 Å². The molecule has 7 nitrogen and oxygen atoms in total. The first kappa shape index (κ1) is 33.9. The fourth-order valence-electron chi connectivity index (χ4n) is 7.76. The van der Waals surface area contributed by atoms with Gasteiger partial charge in [0.25, 0.3) is 10.9 Å². The standard InChI is InChI=1S/C37H57N3O4Si/c1-45(2,3)22-19-29(37(38)43)24-31(23-27-11-6-4-7-12-27)39-32-33(35(42)34(32)41)40-20-10-15-30(25-40)36(28-13-8-5-9-14-28)44-21-18-26-16-17-26/h5,8-9,13-14,26-27,29-31,36,39H,4,6-7,10-12,15-25H2,1-3H3,(H2,38,43)/t29?,30?,31-,36?/m0/s1. The number of hydrogen-bond acceptors (Lipinski definition) is 6. The molecule has 4 atom stereocenters. The summed E-state index contributed by atoms with van der Waals surface area (Å²) in [5.74, 6) is 1.13. The molecule has 3 N–H and O–H groups in total. The van der Waals surface area contributed by atoms with Crippen LogP contribution in [0, 0.1) is 23.7 Å². The summed E-state index contributed by atoms with van der Waals surface area (Å²) < 4.78 is 6.58. The predicted molar refractivity (Wildman–Crippen MR) is 187 cm³/mol. The Bertz CT molecular complexity index is 1310. The van der Waals surface area contributed by atoms with Gasteiger partial charge in [0.2, 0.25) is 5.91 Å². The van der Waals surface area contributed by atoms with Crippen molar-refractivity contribution >= 4 is 25.4 Å². The molecule has 2 saturated carbocycles. The maximum Gasteiger partial charge on any atom is 0.253 e. The molecule has 45 heavy (non-hydrogen) atoms.